The number of aryl methyl sites for hydroxylation is 2. The summed E-state index contributed by atoms with van der Waals surface area (Å²) in [6.45, 7) is 4.91. The number of thiazole rings is 1. The molecule has 0 bridgehead atoms. The van der Waals surface area contributed by atoms with E-state index < -0.39 is 10.0 Å². The molecule has 0 spiro atoms. The van der Waals surface area contributed by atoms with E-state index in [4.69, 9.17) is 0 Å². The summed E-state index contributed by atoms with van der Waals surface area (Å²) in [6.07, 6.45) is 1.07. The number of amides is 1. The van der Waals surface area contributed by atoms with Gasteiger partial charge in [-0.05, 0) is 38.3 Å². The van der Waals surface area contributed by atoms with Crippen LogP contribution in [0.25, 0.3) is 0 Å². The van der Waals surface area contributed by atoms with E-state index in [2.05, 4.69) is 10.3 Å². The fourth-order valence-electron chi connectivity index (χ4n) is 3.23. The van der Waals surface area contributed by atoms with Crippen LogP contribution in [-0.2, 0) is 21.4 Å². The van der Waals surface area contributed by atoms with Crippen molar-refractivity contribution in [3.8, 4) is 0 Å². The molecule has 0 saturated carbocycles. The van der Waals surface area contributed by atoms with E-state index in [9.17, 15) is 13.2 Å². The van der Waals surface area contributed by atoms with Crippen LogP contribution in [0.3, 0.4) is 0 Å². The molecule has 1 aromatic heterocycles. The number of carbonyl (C=O) groups is 1. The lowest BCUT2D eigenvalue weighted by Gasteiger charge is -2.31. The summed E-state index contributed by atoms with van der Waals surface area (Å²) in [5.41, 5.74) is 4.38. The Kier molecular flexibility index (Phi) is 5.74. The molecule has 1 aliphatic rings. The van der Waals surface area contributed by atoms with Crippen molar-refractivity contribution in [2.45, 2.75) is 38.1 Å². The molecule has 1 saturated heterocycles. The second-order valence-corrected chi connectivity index (χ2v) is 9.27. The van der Waals surface area contributed by atoms with Crippen molar-refractivity contribution in [3.63, 3.8) is 0 Å². The standard InChI is InChI=1S/C18H23N3O3S2/c1-13-3-4-17(14(2)9-13)26(23,24)21-7-5-15(6-8-21)18(22)19-10-16-11-25-12-20-16/h3-4,9,11-12,15H,5-8,10H2,1-2H3,(H,19,22). The van der Waals surface area contributed by atoms with Crippen molar-refractivity contribution in [2.75, 3.05) is 13.1 Å². The molecule has 2 heterocycles. The van der Waals surface area contributed by atoms with Crippen molar-refractivity contribution in [1.82, 2.24) is 14.6 Å². The summed E-state index contributed by atoms with van der Waals surface area (Å²) >= 11 is 1.49. The van der Waals surface area contributed by atoms with Gasteiger partial charge in [-0.3, -0.25) is 4.79 Å². The number of carbonyl (C=O) groups excluding carboxylic acids is 1. The smallest absolute Gasteiger partial charge is 0.243 e. The maximum Gasteiger partial charge on any atom is 0.243 e. The van der Waals surface area contributed by atoms with Crippen molar-refractivity contribution in [2.24, 2.45) is 5.92 Å². The number of aromatic nitrogens is 1. The average Bonchev–Trinajstić information content (AvgIpc) is 3.13. The molecule has 0 atom stereocenters. The number of piperidine rings is 1. The van der Waals surface area contributed by atoms with E-state index in [0.29, 0.717) is 37.4 Å². The van der Waals surface area contributed by atoms with Crippen LogP contribution in [0.15, 0.2) is 34.0 Å². The van der Waals surface area contributed by atoms with Crippen LogP contribution in [0.5, 0.6) is 0 Å². The van der Waals surface area contributed by atoms with Crippen LogP contribution in [-0.4, -0.2) is 36.7 Å². The van der Waals surface area contributed by atoms with Gasteiger partial charge in [0.2, 0.25) is 15.9 Å². The number of hydrogen-bond donors (Lipinski definition) is 1. The number of nitrogens with one attached hydrogen (secondary N) is 1. The lowest BCUT2D eigenvalue weighted by molar-refractivity contribution is -0.126. The molecule has 3 rings (SSSR count). The minimum Gasteiger partial charge on any atom is -0.350 e. The molecule has 2 aromatic rings. The third kappa shape index (κ3) is 4.13. The van der Waals surface area contributed by atoms with Crippen LogP contribution >= 0.6 is 11.3 Å². The Labute approximate surface area is 158 Å². The molecular formula is C18H23N3O3S2. The first kappa shape index (κ1) is 19.0. The zero-order valence-electron chi connectivity index (χ0n) is 14.9. The second-order valence-electron chi connectivity index (χ2n) is 6.64. The van der Waals surface area contributed by atoms with Gasteiger partial charge in [0, 0.05) is 24.4 Å². The van der Waals surface area contributed by atoms with Crippen LogP contribution in [0.4, 0.5) is 0 Å². The first-order valence-electron chi connectivity index (χ1n) is 8.60. The second kappa shape index (κ2) is 7.85. The summed E-state index contributed by atoms with van der Waals surface area (Å²) < 4.78 is 27.3. The predicted molar refractivity (Wildman–Crippen MR) is 101 cm³/mol. The third-order valence-corrected chi connectivity index (χ3v) is 7.39. The Morgan fingerprint density at radius 3 is 2.65 bits per heavy atom. The van der Waals surface area contributed by atoms with Crippen molar-refractivity contribution in [3.05, 3.63) is 45.9 Å². The summed E-state index contributed by atoms with van der Waals surface area (Å²) in [5, 5.41) is 4.79. The lowest BCUT2D eigenvalue weighted by Crippen LogP contribution is -2.43. The van der Waals surface area contributed by atoms with Crippen LogP contribution in [0.1, 0.15) is 29.7 Å². The van der Waals surface area contributed by atoms with Gasteiger partial charge in [0.15, 0.2) is 0 Å². The van der Waals surface area contributed by atoms with Crippen LogP contribution < -0.4 is 5.32 Å². The monoisotopic (exact) mass is 393 g/mol. The highest BCUT2D eigenvalue weighted by Crippen LogP contribution is 2.26. The Hall–Kier alpha value is -1.77. The largest absolute Gasteiger partial charge is 0.350 e. The zero-order chi connectivity index (χ0) is 18.7. The quantitative estimate of drug-likeness (QED) is 0.846. The number of nitrogens with zero attached hydrogens (tertiary/aromatic N) is 2. The summed E-state index contributed by atoms with van der Waals surface area (Å²) in [7, 11) is -3.51. The molecule has 8 heteroatoms. The van der Waals surface area contributed by atoms with Gasteiger partial charge in [0.1, 0.15) is 0 Å². The van der Waals surface area contributed by atoms with Crippen LogP contribution in [0, 0.1) is 19.8 Å². The van der Waals surface area contributed by atoms with Gasteiger partial charge in [0.25, 0.3) is 0 Å². The average molecular weight is 394 g/mol. The van der Waals surface area contributed by atoms with Gasteiger partial charge in [-0.1, -0.05) is 17.7 Å². The Morgan fingerprint density at radius 2 is 2.04 bits per heavy atom. The molecule has 0 unspecified atom stereocenters. The number of hydrogen-bond acceptors (Lipinski definition) is 5. The normalized spacial score (nSPS) is 16.5. The van der Waals surface area contributed by atoms with E-state index in [0.717, 1.165) is 16.8 Å². The molecule has 1 aromatic carbocycles. The Bertz CT molecular complexity index is 871. The highest BCUT2D eigenvalue weighted by molar-refractivity contribution is 7.89. The van der Waals surface area contributed by atoms with E-state index >= 15 is 0 Å². The lowest BCUT2D eigenvalue weighted by atomic mass is 9.97. The van der Waals surface area contributed by atoms with Gasteiger partial charge in [-0.15, -0.1) is 11.3 Å². The van der Waals surface area contributed by atoms with Crippen molar-refractivity contribution < 1.29 is 13.2 Å². The number of benzene rings is 1. The van der Waals surface area contributed by atoms with Gasteiger partial charge in [-0.2, -0.15) is 4.31 Å². The molecule has 1 N–H and O–H groups in total. The van der Waals surface area contributed by atoms with Gasteiger partial charge >= 0.3 is 0 Å². The summed E-state index contributed by atoms with van der Waals surface area (Å²) in [6, 6.07) is 5.37. The van der Waals surface area contributed by atoms with E-state index in [1.165, 1.54) is 15.6 Å². The molecule has 1 aliphatic heterocycles. The Morgan fingerprint density at radius 1 is 1.31 bits per heavy atom. The molecule has 26 heavy (non-hydrogen) atoms. The Balaban J connectivity index is 1.59. The minimum atomic E-state index is -3.51. The maximum atomic E-state index is 12.9. The summed E-state index contributed by atoms with van der Waals surface area (Å²) in [5.74, 6) is -0.180. The highest BCUT2D eigenvalue weighted by atomic mass is 32.2. The zero-order valence-corrected chi connectivity index (χ0v) is 16.6. The van der Waals surface area contributed by atoms with E-state index in [1.54, 1.807) is 11.6 Å². The predicted octanol–water partition coefficient (Wildman–Crippen LogP) is 2.48. The van der Waals surface area contributed by atoms with E-state index in [-0.39, 0.29) is 11.8 Å². The number of sulfonamides is 1. The minimum absolute atomic E-state index is 0.0263. The molecular weight excluding hydrogens is 370 g/mol. The topological polar surface area (TPSA) is 79.4 Å². The maximum absolute atomic E-state index is 12.9. The SMILES string of the molecule is Cc1ccc(S(=O)(=O)N2CCC(C(=O)NCc3cscn3)CC2)c(C)c1. The van der Waals surface area contributed by atoms with Crippen molar-refractivity contribution >= 4 is 27.3 Å². The summed E-state index contributed by atoms with van der Waals surface area (Å²) in [4.78, 5) is 16.8. The number of rotatable bonds is 5. The van der Waals surface area contributed by atoms with Gasteiger partial charge in [0.05, 0.1) is 22.6 Å². The molecule has 0 radical (unpaired) electrons. The highest BCUT2D eigenvalue weighted by Gasteiger charge is 2.32. The fourth-order valence-corrected chi connectivity index (χ4v) is 5.47. The van der Waals surface area contributed by atoms with Gasteiger partial charge < -0.3 is 5.32 Å². The van der Waals surface area contributed by atoms with Crippen molar-refractivity contribution in [1.29, 1.82) is 0 Å². The van der Waals surface area contributed by atoms with E-state index in [1.807, 2.05) is 31.4 Å². The molecule has 0 aliphatic carbocycles. The van der Waals surface area contributed by atoms with Gasteiger partial charge in [-0.25, -0.2) is 13.4 Å². The molecule has 1 fully saturated rings. The molecule has 140 valence electrons. The van der Waals surface area contributed by atoms with Crippen LogP contribution in [0.2, 0.25) is 0 Å². The molecule has 1 amide bonds. The third-order valence-electron chi connectivity index (χ3n) is 4.70. The molecule has 6 nitrogen and oxygen atoms in total. The fraction of sp³-hybridized carbons (Fsp3) is 0.444. The first-order chi connectivity index (χ1) is 12.4. The first-order valence-corrected chi connectivity index (χ1v) is 11.0.